The van der Waals surface area contributed by atoms with Gasteiger partial charge in [0.25, 0.3) is 0 Å². The number of carbonyl (C=O) groups is 2. The topological polar surface area (TPSA) is 115 Å². The molecule has 1 aromatic carbocycles. The SMILES string of the molecule is CCOC(=O)Cn1cnc(-c2cc3c(cc2OC)-c2cc(=O)c(C(=O)OC)cn2C(C(C)(C)C)C3)n1. The van der Waals surface area contributed by atoms with Crippen LogP contribution in [-0.2, 0) is 27.2 Å². The highest BCUT2D eigenvalue weighted by atomic mass is 16.5. The quantitative estimate of drug-likeness (QED) is 0.480. The molecule has 10 nitrogen and oxygen atoms in total. The van der Waals surface area contributed by atoms with Crippen LogP contribution in [-0.4, -0.2) is 52.1 Å². The lowest BCUT2D eigenvalue weighted by atomic mass is 9.78. The van der Waals surface area contributed by atoms with Gasteiger partial charge in [0.05, 0.1) is 32.1 Å². The number of hydrogen-bond donors (Lipinski definition) is 0. The van der Waals surface area contributed by atoms with Crippen molar-refractivity contribution in [1.82, 2.24) is 19.3 Å². The molecule has 0 amide bonds. The Morgan fingerprint density at radius 1 is 1.14 bits per heavy atom. The zero-order valence-corrected chi connectivity index (χ0v) is 21.3. The van der Waals surface area contributed by atoms with Gasteiger partial charge in [-0.2, -0.15) is 5.10 Å². The summed E-state index contributed by atoms with van der Waals surface area (Å²) in [5, 5.41) is 4.44. The van der Waals surface area contributed by atoms with Gasteiger partial charge in [-0.15, -0.1) is 0 Å². The first-order valence-electron chi connectivity index (χ1n) is 11.7. The highest BCUT2D eigenvalue weighted by molar-refractivity contribution is 5.89. The molecule has 1 atom stereocenters. The average Bonchev–Trinajstić information content (AvgIpc) is 3.29. The van der Waals surface area contributed by atoms with Gasteiger partial charge in [-0.1, -0.05) is 20.8 Å². The number of fused-ring (bicyclic) bond motifs is 3. The standard InChI is InChI=1S/C26H30N4O6/c1-7-36-23(32)13-29-14-27-24(28-29)17-8-15-9-22(26(2,3)4)30-12-18(25(33)35-6)20(31)11-19(30)16(15)10-21(17)34-5/h8,10-12,14,22H,7,9,13H2,1-6H3. The second-order valence-corrected chi connectivity index (χ2v) is 9.70. The van der Waals surface area contributed by atoms with E-state index in [-0.39, 0.29) is 23.6 Å². The number of rotatable bonds is 6. The number of ether oxygens (including phenoxy) is 3. The molecule has 0 bridgehead atoms. The number of benzene rings is 1. The maximum Gasteiger partial charge on any atom is 0.343 e. The number of nitrogens with zero attached hydrogens (tertiary/aromatic N) is 4. The van der Waals surface area contributed by atoms with Gasteiger partial charge in [-0.05, 0) is 36.5 Å². The number of esters is 2. The van der Waals surface area contributed by atoms with Crippen molar-refractivity contribution in [2.75, 3.05) is 20.8 Å². The van der Waals surface area contributed by atoms with Crippen LogP contribution in [0.25, 0.3) is 22.6 Å². The van der Waals surface area contributed by atoms with Crippen LogP contribution in [0.15, 0.2) is 35.5 Å². The summed E-state index contributed by atoms with van der Waals surface area (Å²) in [6.45, 7) is 8.34. The van der Waals surface area contributed by atoms with Gasteiger partial charge in [0.2, 0.25) is 0 Å². The third-order valence-corrected chi connectivity index (χ3v) is 6.31. The van der Waals surface area contributed by atoms with Gasteiger partial charge < -0.3 is 18.8 Å². The predicted molar refractivity (Wildman–Crippen MR) is 132 cm³/mol. The van der Waals surface area contributed by atoms with E-state index in [4.69, 9.17) is 14.2 Å². The lowest BCUT2D eigenvalue weighted by Gasteiger charge is -2.39. The summed E-state index contributed by atoms with van der Waals surface area (Å²) >= 11 is 0. The molecule has 1 aliphatic rings. The van der Waals surface area contributed by atoms with Crippen molar-refractivity contribution in [3.8, 4) is 28.4 Å². The van der Waals surface area contributed by atoms with E-state index in [1.54, 1.807) is 20.2 Å². The van der Waals surface area contributed by atoms with Crippen LogP contribution in [0.5, 0.6) is 5.75 Å². The highest BCUT2D eigenvalue weighted by Crippen LogP contribution is 2.45. The molecule has 1 unspecified atom stereocenters. The second-order valence-electron chi connectivity index (χ2n) is 9.70. The molecular formula is C26H30N4O6. The van der Waals surface area contributed by atoms with E-state index in [9.17, 15) is 14.4 Å². The molecule has 3 aromatic rings. The van der Waals surface area contributed by atoms with E-state index in [2.05, 4.69) is 30.9 Å². The fourth-order valence-corrected chi connectivity index (χ4v) is 4.53. The Hall–Kier alpha value is -3.95. The molecule has 36 heavy (non-hydrogen) atoms. The van der Waals surface area contributed by atoms with Crippen molar-refractivity contribution >= 4 is 11.9 Å². The fourth-order valence-electron chi connectivity index (χ4n) is 4.53. The Labute approximate surface area is 208 Å². The molecule has 190 valence electrons. The van der Waals surface area contributed by atoms with Crippen molar-refractivity contribution in [1.29, 1.82) is 0 Å². The van der Waals surface area contributed by atoms with Crippen LogP contribution in [0, 0.1) is 5.41 Å². The predicted octanol–water partition coefficient (Wildman–Crippen LogP) is 3.28. The summed E-state index contributed by atoms with van der Waals surface area (Å²) in [4.78, 5) is 41.3. The first kappa shape index (κ1) is 25.2. The normalized spacial score (nSPS) is 14.6. The molecule has 2 aromatic heterocycles. The summed E-state index contributed by atoms with van der Waals surface area (Å²) in [6.07, 6.45) is 3.73. The van der Waals surface area contributed by atoms with Crippen molar-refractivity contribution in [2.45, 2.75) is 46.7 Å². The highest BCUT2D eigenvalue weighted by Gasteiger charge is 2.34. The van der Waals surface area contributed by atoms with Gasteiger partial charge >= 0.3 is 11.9 Å². The van der Waals surface area contributed by atoms with E-state index in [0.717, 1.165) is 11.1 Å². The Morgan fingerprint density at radius 3 is 2.53 bits per heavy atom. The van der Waals surface area contributed by atoms with Crippen LogP contribution >= 0.6 is 0 Å². The summed E-state index contributed by atoms with van der Waals surface area (Å²) in [5.41, 5.74) is 2.60. The molecule has 1 aliphatic heterocycles. The minimum absolute atomic E-state index is 0.00104. The summed E-state index contributed by atoms with van der Waals surface area (Å²) in [7, 11) is 2.81. The first-order valence-corrected chi connectivity index (χ1v) is 11.7. The Morgan fingerprint density at radius 2 is 1.89 bits per heavy atom. The van der Waals surface area contributed by atoms with Crippen LogP contribution in [0.1, 0.15) is 49.7 Å². The second kappa shape index (κ2) is 9.60. The number of hydrogen-bond acceptors (Lipinski definition) is 8. The molecule has 4 rings (SSSR count). The zero-order chi connectivity index (χ0) is 26.2. The Balaban J connectivity index is 1.85. The maximum atomic E-state index is 12.8. The molecule has 0 fully saturated rings. The number of pyridine rings is 1. The van der Waals surface area contributed by atoms with E-state index in [1.165, 1.54) is 24.2 Å². The van der Waals surface area contributed by atoms with Gasteiger partial charge in [-0.25, -0.2) is 14.5 Å². The largest absolute Gasteiger partial charge is 0.496 e. The number of carbonyl (C=O) groups excluding carboxylic acids is 2. The summed E-state index contributed by atoms with van der Waals surface area (Å²) in [6, 6.07) is 5.27. The van der Waals surface area contributed by atoms with Crippen molar-refractivity contribution in [2.24, 2.45) is 5.41 Å². The average molecular weight is 495 g/mol. The molecule has 0 N–H and O–H groups in total. The van der Waals surface area contributed by atoms with E-state index >= 15 is 0 Å². The summed E-state index contributed by atoms with van der Waals surface area (Å²) < 4.78 is 18.9. The fraction of sp³-hybridized carbons (Fsp3) is 0.423. The monoisotopic (exact) mass is 494 g/mol. The van der Waals surface area contributed by atoms with E-state index < -0.39 is 17.4 Å². The molecule has 0 aliphatic carbocycles. The number of aromatic nitrogens is 4. The van der Waals surface area contributed by atoms with Gasteiger partial charge in [0.15, 0.2) is 11.3 Å². The minimum atomic E-state index is -0.661. The molecule has 0 radical (unpaired) electrons. The number of methoxy groups -OCH3 is 2. The first-order chi connectivity index (χ1) is 17.1. The van der Waals surface area contributed by atoms with Crippen LogP contribution in [0.2, 0.25) is 0 Å². The third-order valence-electron chi connectivity index (χ3n) is 6.31. The molecule has 3 heterocycles. The van der Waals surface area contributed by atoms with E-state index in [0.29, 0.717) is 35.9 Å². The zero-order valence-electron chi connectivity index (χ0n) is 21.3. The Kier molecular flexibility index (Phi) is 6.71. The van der Waals surface area contributed by atoms with Gasteiger partial charge in [0.1, 0.15) is 24.2 Å². The maximum absolute atomic E-state index is 12.8. The lowest BCUT2D eigenvalue weighted by Crippen LogP contribution is -2.33. The van der Waals surface area contributed by atoms with Crippen LogP contribution in [0.3, 0.4) is 0 Å². The van der Waals surface area contributed by atoms with Crippen LogP contribution in [0.4, 0.5) is 0 Å². The molecular weight excluding hydrogens is 464 g/mol. The lowest BCUT2D eigenvalue weighted by molar-refractivity contribution is -0.144. The van der Waals surface area contributed by atoms with Crippen molar-refractivity contribution in [3.63, 3.8) is 0 Å². The van der Waals surface area contributed by atoms with Gasteiger partial charge in [-0.3, -0.25) is 9.59 Å². The Bertz CT molecular complexity index is 1380. The minimum Gasteiger partial charge on any atom is -0.496 e. The third kappa shape index (κ3) is 4.62. The molecule has 0 spiro atoms. The smallest absolute Gasteiger partial charge is 0.343 e. The molecule has 0 saturated carbocycles. The van der Waals surface area contributed by atoms with Crippen LogP contribution < -0.4 is 10.2 Å². The van der Waals surface area contributed by atoms with Crippen molar-refractivity contribution < 1.29 is 23.8 Å². The molecule has 10 heteroatoms. The molecule has 0 saturated heterocycles. The summed E-state index contributed by atoms with van der Waals surface area (Å²) in [5.74, 6) is -0.123. The van der Waals surface area contributed by atoms with Gasteiger partial charge in [0, 0.05) is 23.9 Å². The van der Waals surface area contributed by atoms with E-state index in [1.807, 2.05) is 16.7 Å². The van der Waals surface area contributed by atoms with Crippen molar-refractivity contribution in [3.05, 3.63) is 52.1 Å².